The fraction of sp³-hybridized carbons (Fsp3) is 0.174. The molecule has 0 radical (unpaired) electrons. The molecule has 10 heteroatoms. The van der Waals surface area contributed by atoms with Crippen molar-refractivity contribution in [3.8, 4) is 5.75 Å². The lowest BCUT2D eigenvalue weighted by atomic mass is 10.1. The first kappa shape index (κ1) is 20.6. The van der Waals surface area contributed by atoms with Gasteiger partial charge in [0.05, 0.1) is 5.69 Å². The van der Waals surface area contributed by atoms with E-state index in [9.17, 15) is 14.0 Å². The Balaban J connectivity index is 1.33. The molecule has 2 aromatic heterocycles. The van der Waals surface area contributed by atoms with E-state index in [1.165, 1.54) is 11.0 Å². The SMILES string of the molecule is CN1C(=O)C(NC(=O)c2n[nH]c(Cc3ccccc3F)n2)COc2ccc3cnccc3c21. The van der Waals surface area contributed by atoms with Crippen molar-refractivity contribution < 1.29 is 18.7 Å². The predicted molar refractivity (Wildman–Crippen MR) is 117 cm³/mol. The van der Waals surface area contributed by atoms with Crippen molar-refractivity contribution in [1.29, 1.82) is 0 Å². The molecule has 166 valence electrons. The number of hydrogen-bond donors (Lipinski definition) is 2. The van der Waals surface area contributed by atoms with E-state index in [1.807, 2.05) is 12.1 Å². The number of fused-ring (bicyclic) bond motifs is 3. The van der Waals surface area contributed by atoms with Crippen LogP contribution in [0, 0.1) is 5.82 Å². The van der Waals surface area contributed by atoms with Gasteiger partial charge in [0.25, 0.3) is 11.8 Å². The van der Waals surface area contributed by atoms with Gasteiger partial charge in [-0.25, -0.2) is 9.37 Å². The van der Waals surface area contributed by atoms with Gasteiger partial charge in [0.1, 0.15) is 30.0 Å². The summed E-state index contributed by atoms with van der Waals surface area (Å²) in [5.41, 5.74) is 1.04. The fourth-order valence-electron chi connectivity index (χ4n) is 3.81. The van der Waals surface area contributed by atoms with Crippen LogP contribution in [0.3, 0.4) is 0 Å². The second-order valence-electron chi connectivity index (χ2n) is 7.62. The van der Waals surface area contributed by atoms with Crippen molar-refractivity contribution in [2.45, 2.75) is 12.5 Å². The Hall–Kier alpha value is -4.34. The molecule has 2 aromatic carbocycles. The van der Waals surface area contributed by atoms with Crippen LogP contribution in [-0.4, -0.2) is 51.7 Å². The third-order valence-electron chi connectivity index (χ3n) is 5.48. The number of pyridine rings is 1. The van der Waals surface area contributed by atoms with E-state index in [-0.39, 0.29) is 30.6 Å². The van der Waals surface area contributed by atoms with Gasteiger partial charge in [0.15, 0.2) is 0 Å². The maximum Gasteiger partial charge on any atom is 0.291 e. The summed E-state index contributed by atoms with van der Waals surface area (Å²) in [6.07, 6.45) is 3.51. The van der Waals surface area contributed by atoms with E-state index < -0.39 is 11.9 Å². The van der Waals surface area contributed by atoms with Gasteiger partial charge in [-0.05, 0) is 29.8 Å². The van der Waals surface area contributed by atoms with Gasteiger partial charge >= 0.3 is 0 Å². The number of aromatic nitrogens is 4. The molecule has 5 rings (SSSR count). The minimum Gasteiger partial charge on any atom is -0.489 e. The van der Waals surface area contributed by atoms with Crippen molar-refractivity contribution in [1.82, 2.24) is 25.5 Å². The summed E-state index contributed by atoms with van der Waals surface area (Å²) in [6.45, 7) is -0.0506. The zero-order chi connectivity index (χ0) is 22.9. The lowest BCUT2D eigenvalue weighted by Crippen LogP contribution is -2.49. The van der Waals surface area contributed by atoms with Gasteiger partial charge in [-0.3, -0.25) is 19.7 Å². The van der Waals surface area contributed by atoms with Gasteiger partial charge in [-0.15, -0.1) is 5.10 Å². The molecule has 2 amide bonds. The first-order valence-electron chi connectivity index (χ1n) is 10.2. The highest BCUT2D eigenvalue weighted by Gasteiger charge is 2.32. The van der Waals surface area contributed by atoms with E-state index >= 15 is 0 Å². The van der Waals surface area contributed by atoms with E-state index in [4.69, 9.17) is 4.74 Å². The number of amides is 2. The summed E-state index contributed by atoms with van der Waals surface area (Å²) in [6, 6.07) is 10.8. The average Bonchev–Trinajstić information content (AvgIpc) is 3.26. The summed E-state index contributed by atoms with van der Waals surface area (Å²) < 4.78 is 19.7. The van der Waals surface area contributed by atoms with E-state index in [1.54, 1.807) is 43.7 Å². The van der Waals surface area contributed by atoms with Crippen LogP contribution in [0.25, 0.3) is 10.8 Å². The molecule has 0 fully saturated rings. The number of likely N-dealkylation sites (N-methyl/N-ethyl adjacent to an activating group) is 1. The molecule has 1 atom stereocenters. The third-order valence-corrected chi connectivity index (χ3v) is 5.48. The van der Waals surface area contributed by atoms with Crippen LogP contribution in [0.2, 0.25) is 0 Å². The minimum atomic E-state index is -0.944. The highest BCUT2D eigenvalue weighted by Crippen LogP contribution is 2.37. The van der Waals surface area contributed by atoms with Gasteiger partial charge < -0.3 is 15.0 Å². The second-order valence-corrected chi connectivity index (χ2v) is 7.62. The van der Waals surface area contributed by atoms with Gasteiger partial charge in [-0.1, -0.05) is 18.2 Å². The first-order valence-corrected chi connectivity index (χ1v) is 10.2. The number of nitrogens with one attached hydrogen (secondary N) is 2. The van der Waals surface area contributed by atoms with E-state index in [0.29, 0.717) is 22.8 Å². The number of carbonyl (C=O) groups excluding carboxylic acids is 2. The van der Waals surface area contributed by atoms with Crippen LogP contribution >= 0.6 is 0 Å². The normalized spacial score (nSPS) is 15.6. The Morgan fingerprint density at radius 2 is 2.12 bits per heavy atom. The van der Waals surface area contributed by atoms with Gasteiger partial charge in [0, 0.05) is 36.6 Å². The molecule has 9 nitrogen and oxygen atoms in total. The van der Waals surface area contributed by atoms with Crippen molar-refractivity contribution in [2.75, 3.05) is 18.6 Å². The molecule has 0 saturated heterocycles. The van der Waals surface area contributed by atoms with E-state index in [0.717, 1.165) is 10.8 Å². The number of rotatable bonds is 4. The van der Waals surface area contributed by atoms with Crippen molar-refractivity contribution >= 4 is 28.3 Å². The smallest absolute Gasteiger partial charge is 0.291 e. The lowest BCUT2D eigenvalue weighted by molar-refractivity contribution is -0.120. The molecule has 0 bridgehead atoms. The number of aromatic amines is 1. The number of hydrogen-bond acceptors (Lipinski definition) is 6. The monoisotopic (exact) mass is 446 g/mol. The summed E-state index contributed by atoms with van der Waals surface area (Å²) in [7, 11) is 1.63. The molecule has 4 aromatic rings. The van der Waals surface area contributed by atoms with E-state index in [2.05, 4.69) is 25.5 Å². The Morgan fingerprint density at radius 3 is 2.97 bits per heavy atom. The van der Waals surface area contributed by atoms with Crippen LogP contribution in [-0.2, 0) is 11.2 Å². The molecule has 2 N–H and O–H groups in total. The summed E-state index contributed by atoms with van der Waals surface area (Å²) in [5.74, 6) is -0.623. The zero-order valence-corrected chi connectivity index (χ0v) is 17.6. The number of halogens is 1. The molecule has 1 unspecified atom stereocenters. The highest BCUT2D eigenvalue weighted by atomic mass is 19.1. The maximum atomic E-state index is 13.9. The van der Waals surface area contributed by atoms with Gasteiger partial charge in [-0.2, -0.15) is 0 Å². The van der Waals surface area contributed by atoms with Crippen molar-refractivity contribution in [3.63, 3.8) is 0 Å². The molecular formula is C23H19FN6O3. The topological polar surface area (TPSA) is 113 Å². The van der Waals surface area contributed by atoms with Crippen LogP contribution in [0.1, 0.15) is 22.0 Å². The lowest BCUT2D eigenvalue weighted by Gasteiger charge is -2.21. The number of carbonyl (C=O) groups is 2. The van der Waals surface area contributed by atoms with Crippen molar-refractivity contribution in [2.24, 2.45) is 0 Å². The molecule has 0 spiro atoms. The van der Waals surface area contributed by atoms with Crippen LogP contribution in [0.5, 0.6) is 5.75 Å². The van der Waals surface area contributed by atoms with Gasteiger partial charge in [0.2, 0.25) is 5.82 Å². The third kappa shape index (κ3) is 3.86. The molecule has 33 heavy (non-hydrogen) atoms. The summed E-state index contributed by atoms with van der Waals surface area (Å²) >= 11 is 0. The average molecular weight is 446 g/mol. The first-order chi connectivity index (χ1) is 16.0. The van der Waals surface area contributed by atoms with Crippen LogP contribution in [0.4, 0.5) is 10.1 Å². The zero-order valence-electron chi connectivity index (χ0n) is 17.6. The fourth-order valence-corrected chi connectivity index (χ4v) is 3.81. The standard InChI is InChI=1S/C23H19FN6O3/c1-30-20-15-8-9-25-11-14(15)6-7-18(20)33-12-17(23(30)32)26-22(31)21-27-19(28-29-21)10-13-4-2-3-5-16(13)24/h2-9,11,17H,10,12H2,1H3,(H,26,31)(H,27,28,29). The Kier molecular flexibility index (Phi) is 5.17. The molecule has 3 heterocycles. The Labute approximate surface area is 187 Å². The molecular weight excluding hydrogens is 427 g/mol. The summed E-state index contributed by atoms with van der Waals surface area (Å²) in [4.78, 5) is 35.6. The molecule has 0 aliphatic carbocycles. The molecule has 1 aliphatic rings. The molecule has 0 saturated carbocycles. The number of nitrogens with zero attached hydrogens (tertiary/aromatic N) is 4. The second kappa shape index (κ2) is 8.30. The number of anilines is 1. The molecule has 1 aliphatic heterocycles. The Morgan fingerprint density at radius 1 is 1.27 bits per heavy atom. The van der Waals surface area contributed by atoms with Crippen molar-refractivity contribution in [3.05, 3.63) is 77.9 Å². The van der Waals surface area contributed by atoms with Crippen LogP contribution in [0.15, 0.2) is 54.9 Å². The number of ether oxygens (including phenoxy) is 1. The van der Waals surface area contributed by atoms with Crippen LogP contribution < -0.4 is 15.0 Å². The number of H-pyrrole nitrogens is 1. The largest absolute Gasteiger partial charge is 0.489 e. The minimum absolute atomic E-state index is 0.0506. The summed E-state index contributed by atoms with van der Waals surface area (Å²) in [5, 5.41) is 10.9. The predicted octanol–water partition coefficient (Wildman–Crippen LogP) is 2.24. The maximum absolute atomic E-state index is 13.9. The highest BCUT2D eigenvalue weighted by molar-refractivity contribution is 6.09. The number of benzene rings is 2. The Bertz CT molecular complexity index is 1370. The quantitative estimate of drug-likeness (QED) is 0.497.